The molecular formula is C9H10N4O. The Morgan fingerprint density at radius 3 is 2.21 bits per heavy atom. The highest BCUT2D eigenvalue weighted by atomic mass is 16.1. The summed E-state index contributed by atoms with van der Waals surface area (Å²) in [5.41, 5.74) is -0.0995. The van der Waals surface area contributed by atoms with E-state index in [1.165, 1.54) is 18.6 Å². The lowest BCUT2D eigenvalue weighted by atomic mass is 10.6. The summed E-state index contributed by atoms with van der Waals surface area (Å²) in [6.07, 6.45) is 6.36. The van der Waals surface area contributed by atoms with Gasteiger partial charge >= 0.3 is 0 Å². The Labute approximate surface area is 80.9 Å². The average Bonchev–Trinajstić information content (AvgIpc) is 2.21. The van der Waals surface area contributed by atoms with Crippen LogP contribution in [-0.2, 0) is 0 Å². The predicted octanol–water partition coefficient (Wildman–Crippen LogP) is 0.555. The van der Waals surface area contributed by atoms with Gasteiger partial charge in [0.2, 0.25) is 0 Å². The second-order valence-electron chi connectivity index (χ2n) is 2.42. The number of hydrogen-bond acceptors (Lipinski definition) is 4. The van der Waals surface area contributed by atoms with Gasteiger partial charge in [-0.05, 0) is 13.0 Å². The second-order valence-corrected chi connectivity index (χ2v) is 2.42. The van der Waals surface area contributed by atoms with Crippen molar-refractivity contribution < 1.29 is 0 Å². The van der Waals surface area contributed by atoms with Crippen LogP contribution in [0.5, 0.6) is 0 Å². The minimum atomic E-state index is -0.0995. The van der Waals surface area contributed by atoms with E-state index in [1.54, 1.807) is 25.4 Å². The number of H-pyrrole nitrogens is 1. The number of nitrogens with zero attached hydrogens (tertiary/aromatic N) is 3. The minimum absolute atomic E-state index is 0.0995. The van der Waals surface area contributed by atoms with Gasteiger partial charge in [0.15, 0.2) is 0 Å². The summed E-state index contributed by atoms with van der Waals surface area (Å²) in [5, 5.41) is 0. The fraction of sp³-hybridized carbons (Fsp3) is 0.111. The molecule has 2 aromatic heterocycles. The van der Waals surface area contributed by atoms with Gasteiger partial charge in [0.05, 0.1) is 0 Å². The highest BCUT2D eigenvalue weighted by Gasteiger charge is 1.80. The van der Waals surface area contributed by atoms with E-state index in [0.717, 1.165) is 0 Å². The predicted molar refractivity (Wildman–Crippen MR) is 51.6 cm³/mol. The molecule has 0 saturated heterocycles. The molecule has 0 fully saturated rings. The van der Waals surface area contributed by atoms with Crippen LogP contribution in [0.15, 0.2) is 41.8 Å². The second kappa shape index (κ2) is 5.58. The summed E-state index contributed by atoms with van der Waals surface area (Å²) >= 11 is 0. The summed E-state index contributed by atoms with van der Waals surface area (Å²) in [7, 11) is 0. The van der Waals surface area contributed by atoms with Crippen molar-refractivity contribution in [2.75, 3.05) is 0 Å². The molecule has 0 aromatic carbocycles. The minimum Gasteiger partial charge on any atom is -0.311 e. The maximum atomic E-state index is 10.4. The Kier molecular flexibility index (Phi) is 4.00. The molecule has 0 aliphatic carbocycles. The first-order chi connectivity index (χ1) is 6.79. The van der Waals surface area contributed by atoms with E-state index in [1.807, 2.05) is 0 Å². The van der Waals surface area contributed by atoms with Gasteiger partial charge in [-0.25, -0.2) is 15.0 Å². The third-order valence-corrected chi connectivity index (χ3v) is 1.28. The number of hydrogen-bond donors (Lipinski definition) is 1. The smallest absolute Gasteiger partial charge is 0.250 e. The number of nitrogens with one attached hydrogen (secondary N) is 1. The standard InChI is InChI=1S/C5H6N2O.C4H4N2/c1-4-6-3-2-5(8)7-4;1-2-5-4-6-3-1/h2-3H,1H3,(H,6,7,8);1-4H. The number of aryl methyl sites for hydroxylation is 1. The summed E-state index contributed by atoms with van der Waals surface area (Å²) in [6, 6.07) is 3.16. The molecule has 0 radical (unpaired) electrons. The van der Waals surface area contributed by atoms with E-state index in [9.17, 15) is 4.79 Å². The van der Waals surface area contributed by atoms with E-state index in [0.29, 0.717) is 5.82 Å². The Morgan fingerprint density at radius 1 is 1.21 bits per heavy atom. The molecule has 0 amide bonds. The summed E-state index contributed by atoms with van der Waals surface area (Å²) in [6.45, 7) is 1.74. The van der Waals surface area contributed by atoms with Crippen molar-refractivity contribution in [2.45, 2.75) is 6.92 Å². The molecule has 2 heterocycles. The van der Waals surface area contributed by atoms with Crippen molar-refractivity contribution in [3.63, 3.8) is 0 Å². The Morgan fingerprint density at radius 2 is 1.93 bits per heavy atom. The molecule has 2 rings (SSSR count). The number of rotatable bonds is 0. The largest absolute Gasteiger partial charge is 0.311 e. The Balaban J connectivity index is 0.000000146. The van der Waals surface area contributed by atoms with Gasteiger partial charge in [-0.15, -0.1) is 0 Å². The highest BCUT2D eigenvalue weighted by Crippen LogP contribution is 1.73. The molecule has 0 aliphatic heterocycles. The SMILES string of the molecule is Cc1nccc(=O)[nH]1.c1cncnc1. The zero-order valence-corrected chi connectivity index (χ0v) is 7.71. The van der Waals surface area contributed by atoms with Crippen LogP contribution in [0.4, 0.5) is 0 Å². The molecule has 0 bridgehead atoms. The Hall–Kier alpha value is -2.04. The topological polar surface area (TPSA) is 71.5 Å². The number of aromatic amines is 1. The van der Waals surface area contributed by atoms with Gasteiger partial charge in [0.1, 0.15) is 12.2 Å². The van der Waals surface area contributed by atoms with Crippen molar-refractivity contribution in [1.29, 1.82) is 0 Å². The molecule has 14 heavy (non-hydrogen) atoms. The van der Waals surface area contributed by atoms with Crippen LogP contribution in [0.1, 0.15) is 5.82 Å². The molecular weight excluding hydrogens is 180 g/mol. The summed E-state index contributed by atoms with van der Waals surface area (Å²) < 4.78 is 0. The van der Waals surface area contributed by atoms with Crippen LogP contribution in [-0.4, -0.2) is 19.9 Å². The fourth-order valence-electron chi connectivity index (χ4n) is 0.722. The Bertz CT molecular complexity index is 386. The van der Waals surface area contributed by atoms with Gasteiger partial charge in [-0.3, -0.25) is 4.79 Å². The zero-order chi connectivity index (χ0) is 10.2. The lowest BCUT2D eigenvalue weighted by Gasteiger charge is -1.84. The third-order valence-electron chi connectivity index (χ3n) is 1.28. The molecule has 1 N–H and O–H groups in total. The van der Waals surface area contributed by atoms with Gasteiger partial charge in [-0.2, -0.15) is 0 Å². The first kappa shape index (κ1) is 10.0. The first-order valence-electron chi connectivity index (χ1n) is 4.01. The van der Waals surface area contributed by atoms with Crippen molar-refractivity contribution in [1.82, 2.24) is 19.9 Å². The van der Waals surface area contributed by atoms with Crippen LogP contribution in [0, 0.1) is 6.92 Å². The highest BCUT2D eigenvalue weighted by molar-refractivity contribution is 4.85. The van der Waals surface area contributed by atoms with Gasteiger partial charge in [0, 0.05) is 24.7 Å². The normalized spacial score (nSPS) is 8.64. The van der Waals surface area contributed by atoms with E-state index >= 15 is 0 Å². The molecule has 0 unspecified atom stereocenters. The molecule has 0 saturated carbocycles. The van der Waals surface area contributed by atoms with Crippen LogP contribution in [0.2, 0.25) is 0 Å². The summed E-state index contributed by atoms with van der Waals surface area (Å²) in [5.74, 6) is 0.650. The van der Waals surface area contributed by atoms with E-state index in [-0.39, 0.29) is 5.56 Å². The average molecular weight is 190 g/mol. The fourth-order valence-corrected chi connectivity index (χ4v) is 0.722. The monoisotopic (exact) mass is 190 g/mol. The number of aromatic nitrogens is 4. The lowest BCUT2D eigenvalue weighted by molar-refractivity contribution is 1.02. The molecule has 72 valence electrons. The lowest BCUT2D eigenvalue weighted by Crippen LogP contribution is -2.05. The van der Waals surface area contributed by atoms with Crippen molar-refractivity contribution >= 4 is 0 Å². The van der Waals surface area contributed by atoms with Crippen LogP contribution >= 0.6 is 0 Å². The molecule has 0 spiro atoms. The third kappa shape index (κ3) is 4.10. The van der Waals surface area contributed by atoms with Gasteiger partial charge in [-0.1, -0.05) is 0 Å². The van der Waals surface area contributed by atoms with Crippen LogP contribution in [0.25, 0.3) is 0 Å². The van der Waals surface area contributed by atoms with Crippen LogP contribution in [0.3, 0.4) is 0 Å². The van der Waals surface area contributed by atoms with Gasteiger partial charge in [0.25, 0.3) is 5.56 Å². The van der Waals surface area contributed by atoms with E-state index < -0.39 is 0 Å². The van der Waals surface area contributed by atoms with E-state index in [4.69, 9.17) is 0 Å². The van der Waals surface area contributed by atoms with Crippen molar-refractivity contribution in [2.24, 2.45) is 0 Å². The molecule has 2 aromatic rings. The van der Waals surface area contributed by atoms with E-state index in [2.05, 4.69) is 19.9 Å². The quantitative estimate of drug-likeness (QED) is 0.658. The molecule has 0 aliphatic rings. The summed E-state index contributed by atoms with van der Waals surface area (Å²) in [4.78, 5) is 24.0. The zero-order valence-electron chi connectivity index (χ0n) is 7.71. The van der Waals surface area contributed by atoms with Crippen molar-refractivity contribution in [3.05, 3.63) is 53.2 Å². The maximum Gasteiger partial charge on any atom is 0.250 e. The maximum absolute atomic E-state index is 10.4. The van der Waals surface area contributed by atoms with Crippen molar-refractivity contribution in [3.8, 4) is 0 Å². The first-order valence-corrected chi connectivity index (χ1v) is 4.01. The molecule has 5 heteroatoms. The molecule has 5 nitrogen and oxygen atoms in total. The molecule has 0 atom stereocenters. The van der Waals surface area contributed by atoms with Crippen LogP contribution < -0.4 is 5.56 Å². The van der Waals surface area contributed by atoms with Gasteiger partial charge < -0.3 is 4.98 Å².